The molecule has 2 N–H and O–H groups in total. The fraction of sp³-hybridized carbons (Fsp3) is 0.250. The Hall–Kier alpha value is -1.10. The van der Waals surface area contributed by atoms with Crippen molar-refractivity contribution in [2.24, 2.45) is 0 Å². The first-order valence-corrected chi connectivity index (χ1v) is 4.58. The minimum Gasteiger partial charge on any atom is -0.380 e. The molecule has 0 aliphatic rings. The summed E-state index contributed by atoms with van der Waals surface area (Å²) in [5.41, 5.74) is 8.02. The number of aromatic nitrogens is 2. The smallest absolute Gasteiger partial charge is 0.260 e. The maximum atomic E-state index is 5.63. The topological polar surface area (TPSA) is 64.9 Å². The lowest BCUT2D eigenvalue weighted by Gasteiger charge is -2.01. The third-order valence-electron chi connectivity index (χ3n) is 1.99. The minimum absolute atomic E-state index is 0.390. The molecule has 0 aliphatic heterocycles. The van der Waals surface area contributed by atoms with Gasteiger partial charge in [-0.15, -0.1) is 0 Å². The number of pyridine rings is 1. The number of nitrogen functional groups attached to an aromatic ring is 1. The molecule has 2 rings (SSSR count). The molecule has 0 spiro atoms. The number of aryl methyl sites for hydroxylation is 2. The van der Waals surface area contributed by atoms with Crippen LogP contribution in [0, 0.1) is 13.8 Å². The predicted molar refractivity (Wildman–Crippen MR) is 53.4 cm³/mol. The van der Waals surface area contributed by atoms with Crippen molar-refractivity contribution in [3.05, 3.63) is 15.7 Å². The Labute approximate surface area is 83.2 Å². The fourth-order valence-corrected chi connectivity index (χ4v) is 1.59. The first-order chi connectivity index (χ1) is 6.11. The van der Waals surface area contributed by atoms with Gasteiger partial charge in [0.05, 0.1) is 11.1 Å². The third kappa shape index (κ3) is 1.11. The SMILES string of the molecule is Cc1nc2onc(N)c2c(C)c1Br. The van der Waals surface area contributed by atoms with Crippen LogP contribution in [0.5, 0.6) is 0 Å². The number of anilines is 1. The van der Waals surface area contributed by atoms with Crippen molar-refractivity contribution >= 4 is 32.8 Å². The maximum absolute atomic E-state index is 5.63. The van der Waals surface area contributed by atoms with Gasteiger partial charge in [-0.2, -0.15) is 0 Å². The molecule has 0 aromatic carbocycles. The fourth-order valence-electron chi connectivity index (χ4n) is 1.30. The molecule has 13 heavy (non-hydrogen) atoms. The van der Waals surface area contributed by atoms with E-state index in [9.17, 15) is 0 Å². The molecule has 0 radical (unpaired) electrons. The van der Waals surface area contributed by atoms with E-state index in [1.54, 1.807) is 0 Å². The summed E-state index contributed by atoms with van der Waals surface area (Å²) in [7, 11) is 0. The zero-order valence-electron chi connectivity index (χ0n) is 7.26. The Morgan fingerprint density at radius 2 is 2.08 bits per heavy atom. The van der Waals surface area contributed by atoms with Crippen LogP contribution in [-0.2, 0) is 0 Å². The van der Waals surface area contributed by atoms with E-state index in [2.05, 4.69) is 26.1 Å². The van der Waals surface area contributed by atoms with E-state index in [-0.39, 0.29) is 0 Å². The molecule has 0 amide bonds. The minimum atomic E-state index is 0.390. The van der Waals surface area contributed by atoms with Crippen molar-refractivity contribution in [2.45, 2.75) is 13.8 Å². The van der Waals surface area contributed by atoms with E-state index in [1.165, 1.54) is 0 Å². The zero-order chi connectivity index (χ0) is 9.59. The maximum Gasteiger partial charge on any atom is 0.260 e. The number of fused-ring (bicyclic) bond motifs is 1. The Morgan fingerprint density at radius 1 is 1.38 bits per heavy atom. The number of nitrogens with zero attached hydrogens (tertiary/aromatic N) is 2. The molecule has 2 aromatic rings. The van der Waals surface area contributed by atoms with Crippen LogP contribution in [-0.4, -0.2) is 10.1 Å². The molecule has 0 fully saturated rings. The van der Waals surface area contributed by atoms with E-state index in [1.807, 2.05) is 13.8 Å². The monoisotopic (exact) mass is 241 g/mol. The van der Waals surface area contributed by atoms with Crippen molar-refractivity contribution < 1.29 is 4.52 Å². The highest BCUT2D eigenvalue weighted by Crippen LogP contribution is 2.29. The van der Waals surface area contributed by atoms with Gasteiger partial charge in [-0.1, -0.05) is 5.16 Å². The summed E-state index contributed by atoms with van der Waals surface area (Å²) in [4.78, 5) is 4.20. The summed E-state index contributed by atoms with van der Waals surface area (Å²) in [6, 6.07) is 0. The lowest BCUT2D eigenvalue weighted by atomic mass is 10.2. The van der Waals surface area contributed by atoms with Gasteiger partial charge in [-0.25, -0.2) is 4.98 Å². The van der Waals surface area contributed by atoms with Crippen LogP contribution in [0.1, 0.15) is 11.3 Å². The largest absolute Gasteiger partial charge is 0.380 e. The van der Waals surface area contributed by atoms with Crippen molar-refractivity contribution in [3.8, 4) is 0 Å². The summed E-state index contributed by atoms with van der Waals surface area (Å²) < 4.78 is 5.91. The number of nitrogens with two attached hydrogens (primary N) is 1. The number of halogens is 1. The average molecular weight is 242 g/mol. The Kier molecular flexibility index (Phi) is 1.76. The lowest BCUT2D eigenvalue weighted by molar-refractivity contribution is 0.452. The van der Waals surface area contributed by atoms with Gasteiger partial charge in [0.1, 0.15) is 0 Å². The van der Waals surface area contributed by atoms with Crippen LogP contribution in [0.4, 0.5) is 5.82 Å². The molecule has 0 saturated heterocycles. The van der Waals surface area contributed by atoms with Crippen molar-refractivity contribution in [2.75, 3.05) is 5.73 Å². The van der Waals surface area contributed by atoms with Crippen molar-refractivity contribution in [1.82, 2.24) is 10.1 Å². The van der Waals surface area contributed by atoms with Crippen molar-refractivity contribution in [3.63, 3.8) is 0 Å². The molecular formula is C8H8BrN3O. The summed E-state index contributed by atoms with van der Waals surface area (Å²) >= 11 is 3.43. The van der Waals surface area contributed by atoms with Gasteiger partial charge < -0.3 is 10.3 Å². The molecule has 0 aliphatic carbocycles. The number of hydrogen-bond acceptors (Lipinski definition) is 4. The zero-order valence-corrected chi connectivity index (χ0v) is 8.84. The van der Waals surface area contributed by atoms with E-state index in [4.69, 9.17) is 10.3 Å². The van der Waals surface area contributed by atoms with Crippen molar-refractivity contribution in [1.29, 1.82) is 0 Å². The molecular weight excluding hydrogens is 234 g/mol. The van der Waals surface area contributed by atoms with Gasteiger partial charge in [0.2, 0.25) is 0 Å². The standard InChI is InChI=1S/C8H8BrN3O/c1-3-5-7(10)12-13-8(5)11-4(2)6(3)9/h1-2H3,(H2,10,12). The predicted octanol–water partition coefficient (Wildman–Crippen LogP) is 2.18. The van der Waals surface area contributed by atoms with E-state index < -0.39 is 0 Å². The summed E-state index contributed by atoms with van der Waals surface area (Å²) in [6.07, 6.45) is 0. The molecule has 0 unspecified atom stereocenters. The number of hydrogen-bond donors (Lipinski definition) is 1. The Balaban J connectivity index is 2.97. The van der Waals surface area contributed by atoms with Crippen LogP contribution < -0.4 is 5.73 Å². The van der Waals surface area contributed by atoms with Gasteiger partial charge in [-0.05, 0) is 35.3 Å². The summed E-state index contributed by atoms with van der Waals surface area (Å²) in [5, 5.41) is 4.45. The molecule has 2 heterocycles. The quantitative estimate of drug-likeness (QED) is 0.768. The number of rotatable bonds is 0. The van der Waals surface area contributed by atoms with E-state index in [0.29, 0.717) is 11.5 Å². The van der Waals surface area contributed by atoms with Gasteiger partial charge in [-0.3, -0.25) is 0 Å². The van der Waals surface area contributed by atoms with Crippen LogP contribution in [0.3, 0.4) is 0 Å². The second-order valence-corrected chi connectivity index (χ2v) is 3.68. The van der Waals surface area contributed by atoms with Gasteiger partial charge >= 0.3 is 0 Å². The summed E-state index contributed by atoms with van der Waals surface area (Å²) in [5.74, 6) is 0.390. The first kappa shape index (κ1) is 8.50. The molecule has 0 saturated carbocycles. The summed E-state index contributed by atoms with van der Waals surface area (Å²) in [6.45, 7) is 3.85. The molecule has 0 atom stereocenters. The van der Waals surface area contributed by atoms with E-state index >= 15 is 0 Å². The highest BCUT2D eigenvalue weighted by molar-refractivity contribution is 9.10. The van der Waals surface area contributed by atoms with Gasteiger partial charge in [0.25, 0.3) is 5.71 Å². The first-order valence-electron chi connectivity index (χ1n) is 3.79. The van der Waals surface area contributed by atoms with Crippen LogP contribution in [0.15, 0.2) is 9.00 Å². The highest BCUT2D eigenvalue weighted by atomic mass is 79.9. The molecule has 5 heteroatoms. The second-order valence-electron chi connectivity index (χ2n) is 2.88. The Bertz CT molecular complexity index is 478. The normalized spacial score (nSPS) is 11.0. The molecule has 68 valence electrons. The average Bonchev–Trinajstić information content (AvgIpc) is 2.43. The van der Waals surface area contributed by atoms with Gasteiger partial charge in [0.15, 0.2) is 5.82 Å². The molecule has 2 aromatic heterocycles. The van der Waals surface area contributed by atoms with Gasteiger partial charge in [0, 0.05) is 4.47 Å². The Morgan fingerprint density at radius 3 is 2.77 bits per heavy atom. The van der Waals surface area contributed by atoms with Crippen LogP contribution in [0.25, 0.3) is 11.1 Å². The third-order valence-corrected chi connectivity index (χ3v) is 3.16. The van der Waals surface area contributed by atoms with Crippen LogP contribution in [0.2, 0.25) is 0 Å². The second kappa shape index (κ2) is 2.70. The molecule has 0 bridgehead atoms. The lowest BCUT2D eigenvalue weighted by Crippen LogP contribution is -1.91. The van der Waals surface area contributed by atoms with E-state index in [0.717, 1.165) is 21.1 Å². The molecule has 4 nitrogen and oxygen atoms in total. The van der Waals surface area contributed by atoms with Crippen LogP contribution >= 0.6 is 15.9 Å². The highest BCUT2D eigenvalue weighted by Gasteiger charge is 2.13.